The molecule has 0 atom stereocenters. The van der Waals surface area contributed by atoms with Crippen LogP contribution >= 0.6 is 11.3 Å². The van der Waals surface area contributed by atoms with Gasteiger partial charge in [0, 0.05) is 5.56 Å². The number of amides is 1. The van der Waals surface area contributed by atoms with Gasteiger partial charge >= 0.3 is 5.97 Å². The van der Waals surface area contributed by atoms with Gasteiger partial charge in [0.05, 0.1) is 16.8 Å². The summed E-state index contributed by atoms with van der Waals surface area (Å²) in [5, 5.41) is 0. The highest BCUT2D eigenvalue weighted by Crippen LogP contribution is 2.22. The fourth-order valence-corrected chi connectivity index (χ4v) is 4.57. The van der Waals surface area contributed by atoms with E-state index in [0.29, 0.717) is 17.0 Å². The van der Waals surface area contributed by atoms with Crippen molar-refractivity contribution in [2.75, 3.05) is 6.61 Å². The summed E-state index contributed by atoms with van der Waals surface area (Å²) >= 11 is 1.39. The zero-order valence-electron chi connectivity index (χ0n) is 17.4. The number of para-hydroxylation sites is 1. The first kappa shape index (κ1) is 20.8. The maximum atomic E-state index is 12.9. The Bertz CT molecular complexity index is 1300. The van der Waals surface area contributed by atoms with Gasteiger partial charge in [-0.1, -0.05) is 65.9 Å². The van der Waals surface area contributed by atoms with Crippen molar-refractivity contribution in [3.8, 4) is 11.1 Å². The van der Waals surface area contributed by atoms with E-state index in [0.717, 1.165) is 26.9 Å². The van der Waals surface area contributed by atoms with Crippen LogP contribution in [0.5, 0.6) is 0 Å². The molecule has 0 aliphatic carbocycles. The minimum absolute atomic E-state index is 0.0117. The number of ether oxygens (including phenoxy) is 1. The molecule has 4 aromatic rings. The molecular formula is C25H22N2O3S. The summed E-state index contributed by atoms with van der Waals surface area (Å²) in [7, 11) is 0. The maximum Gasteiger partial charge on any atom is 0.326 e. The van der Waals surface area contributed by atoms with Crippen LogP contribution in [0.25, 0.3) is 21.3 Å². The number of aromatic nitrogens is 1. The number of benzene rings is 3. The third kappa shape index (κ3) is 4.49. The topological polar surface area (TPSA) is 60.7 Å². The van der Waals surface area contributed by atoms with E-state index in [1.54, 1.807) is 23.6 Å². The molecule has 0 radical (unpaired) electrons. The highest BCUT2D eigenvalue weighted by atomic mass is 32.1. The van der Waals surface area contributed by atoms with Gasteiger partial charge in [-0.2, -0.15) is 4.99 Å². The highest BCUT2D eigenvalue weighted by molar-refractivity contribution is 7.16. The Hall–Kier alpha value is -3.51. The first-order valence-electron chi connectivity index (χ1n) is 10.1. The van der Waals surface area contributed by atoms with E-state index in [2.05, 4.69) is 4.99 Å². The van der Waals surface area contributed by atoms with Crippen LogP contribution in [0.3, 0.4) is 0 Å². The largest absolute Gasteiger partial charge is 0.465 e. The van der Waals surface area contributed by atoms with Crippen LogP contribution < -0.4 is 4.80 Å². The summed E-state index contributed by atoms with van der Waals surface area (Å²) in [6.07, 6.45) is 0. The summed E-state index contributed by atoms with van der Waals surface area (Å²) in [6, 6.07) is 23.3. The summed E-state index contributed by atoms with van der Waals surface area (Å²) in [4.78, 5) is 29.9. The number of hydrogen-bond donors (Lipinski definition) is 0. The van der Waals surface area contributed by atoms with E-state index >= 15 is 0 Å². The molecule has 6 heteroatoms. The number of fused-ring (bicyclic) bond motifs is 1. The number of rotatable bonds is 5. The van der Waals surface area contributed by atoms with Gasteiger partial charge in [-0.3, -0.25) is 9.59 Å². The molecule has 0 saturated carbocycles. The average molecular weight is 431 g/mol. The molecule has 3 aromatic carbocycles. The van der Waals surface area contributed by atoms with Crippen molar-refractivity contribution in [2.45, 2.75) is 20.4 Å². The van der Waals surface area contributed by atoms with Crippen molar-refractivity contribution in [1.29, 1.82) is 0 Å². The molecule has 0 N–H and O–H groups in total. The number of hydrogen-bond acceptors (Lipinski definition) is 4. The second kappa shape index (κ2) is 9.10. The van der Waals surface area contributed by atoms with Crippen LogP contribution in [0, 0.1) is 6.92 Å². The van der Waals surface area contributed by atoms with Crippen molar-refractivity contribution < 1.29 is 14.3 Å². The fourth-order valence-electron chi connectivity index (χ4n) is 3.46. The molecule has 0 spiro atoms. The predicted molar refractivity (Wildman–Crippen MR) is 123 cm³/mol. The molecule has 1 heterocycles. The number of esters is 1. The van der Waals surface area contributed by atoms with Gasteiger partial charge in [-0.25, -0.2) is 0 Å². The van der Waals surface area contributed by atoms with Gasteiger partial charge in [0.15, 0.2) is 4.80 Å². The molecule has 0 saturated heterocycles. The van der Waals surface area contributed by atoms with E-state index in [4.69, 9.17) is 4.74 Å². The second-order valence-corrected chi connectivity index (χ2v) is 8.07. The minimum atomic E-state index is -0.355. The average Bonchev–Trinajstić information content (AvgIpc) is 3.12. The molecule has 0 bridgehead atoms. The zero-order valence-corrected chi connectivity index (χ0v) is 18.2. The van der Waals surface area contributed by atoms with Crippen LogP contribution in [0.2, 0.25) is 0 Å². The highest BCUT2D eigenvalue weighted by Gasteiger charge is 2.14. The Labute approximate surface area is 184 Å². The van der Waals surface area contributed by atoms with Crippen LogP contribution in [-0.2, 0) is 16.1 Å². The van der Waals surface area contributed by atoms with Crippen LogP contribution in [0.4, 0.5) is 0 Å². The van der Waals surface area contributed by atoms with Gasteiger partial charge in [0.25, 0.3) is 5.91 Å². The maximum absolute atomic E-state index is 12.9. The van der Waals surface area contributed by atoms with E-state index in [1.807, 2.05) is 67.6 Å². The first-order chi connectivity index (χ1) is 15.1. The van der Waals surface area contributed by atoms with E-state index in [1.165, 1.54) is 11.3 Å². The normalized spacial score (nSPS) is 11.6. The molecule has 0 aliphatic rings. The van der Waals surface area contributed by atoms with E-state index < -0.39 is 0 Å². The van der Waals surface area contributed by atoms with Crippen LogP contribution in [-0.4, -0.2) is 23.1 Å². The summed E-state index contributed by atoms with van der Waals surface area (Å²) in [5.74, 6) is -0.701. The number of aryl methyl sites for hydroxylation is 1. The number of carbonyl (C=O) groups excluding carboxylic acids is 2. The molecular weight excluding hydrogens is 408 g/mol. The van der Waals surface area contributed by atoms with E-state index in [-0.39, 0.29) is 18.4 Å². The van der Waals surface area contributed by atoms with Gasteiger partial charge in [0.2, 0.25) is 0 Å². The minimum Gasteiger partial charge on any atom is -0.465 e. The molecule has 1 amide bonds. The van der Waals surface area contributed by atoms with Crippen molar-refractivity contribution in [3.05, 3.63) is 88.7 Å². The number of carbonyl (C=O) groups is 2. The third-order valence-corrected chi connectivity index (χ3v) is 5.98. The lowest BCUT2D eigenvalue weighted by atomic mass is 10.0. The lowest BCUT2D eigenvalue weighted by Crippen LogP contribution is -2.23. The summed E-state index contributed by atoms with van der Waals surface area (Å²) in [6.45, 7) is 4.06. The van der Waals surface area contributed by atoms with Gasteiger partial charge in [0.1, 0.15) is 6.54 Å². The Kier molecular flexibility index (Phi) is 6.09. The molecule has 1 aromatic heterocycles. The van der Waals surface area contributed by atoms with Gasteiger partial charge in [-0.15, -0.1) is 0 Å². The van der Waals surface area contributed by atoms with Gasteiger partial charge in [-0.05, 0) is 48.7 Å². The molecule has 5 nitrogen and oxygen atoms in total. The lowest BCUT2D eigenvalue weighted by Gasteiger charge is -2.07. The quantitative estimate of drug-likeness (QED) is 0.420. The van der Waals surface area contributed by atoms with Crippen molar-refractivity contribution >= 4 is 33.4 Å². The van der Waals surface area contributed by atoms with Crippen LogP contribution in [0.1, 0.15) is 22.8 Å². The monoisotopic (exact) mass is 430 g/mol. The molecule has 0 unspecified atom stereocenters. The second-order valence-electron chi connectivity index (χ2n) is 7.06. The first-order valence-corrected chi connectivity index (χ1v) is 10.9. The standard InChI is InChI=1S/C25H22N2O3S/c1-3-30-22(28)16-27-23-17(2)8-7-11-21(23)31-25(27)26-24(29)20-14-12-19(13-15-20)18-9-5-4-6-10-18/h4-15H,3,16H2,1-2H3. The van der Waals surface area contributed by atoms with Crippen molar-refractivity contribution in [1.82, 2.24) is 4.57 Å². The summed E-state index contributed by atoms with van der Waals surface area (Å²) < 4.78 is 7.86. The Morgan fingerprint density at radius 2 is 1.65 bits per heavy atom. The predicted octanol–water partition coefficient (Wildman–Crippen LogP) is 4.98. The molecule has 4 rings (SSSR count). The molecule has 0 aliphatic heterocycles. The van der Waals surface area contributed by atoms with Crippen molar-refractivity contribution in [2.24, 2.45) is 4.99 Å². The van der Waals surface area contributed by atoms with Crippen LogP contribution in [0.15, 0.2) is 77.8 Å². The van der Waals surface area contributed by atoms with Gasteiger partial charge < -0.3 is 9.30 Å². The third-order valence-electron chi connectivity index (χ3n) is 4.93. The zero-order chi connectivity index (χ0) is 21.8. The van der Waals surface area contributed by atoms with Crippen molar-refractivity contribution in [3.63, 3.8) is 0 Å². The molecule has 156 valence electrons. The summed E-state index contributed by atoms with van der Waals surface area (Å²) in [5.41, 5.74) is 4.53. The molecule has 0 fully saturated rings. The Morgan fingerprint density at radius 1 is 0.935 bits per heavy atom. The Morgan fingerprint density at radius 3 is 2.35 bits per heavy atom. The smallest absolute Gasteiger partial charge is 0.326 e. The van der Waals surface area contributed by atoms with E-state index in [9.17, 15) is 9.59 Å². The fraction of sp³-hybridized carbons (Fsp3) is 0.160. The SMILES string of the molecule is CCOC(=O)Cn1c(=NC(=O)c2ccc(-c3ccccc3)cc2)sc2cccc(C)c21. The Balaban J connectivity index is 1.72. The number of thiazole rings is 1. The lowest BCUT2D eigenvalue weighted by molar-refractivity contribution is -0.143. The molecule has 31 heavy (non-hydrogen) atoms. The number of nitrogens with zero attached hydrogens (tertiary/aromatic N) is 2.